The summed E-state index contributed by atoms with van der Waals surface area (Å²) in [6, 6.07) is 0. The lowest BCUT2D eigenvalue weighted by Crippen LogP contribution is -2.11. The average molecular weight is 336 g/mol. The molecule has 2 N–H and O–H groups in total. The van der Waals surface area contributed by atoms with Gasteiger partial charge >= 0.3 is 0 Å². The summed E-state index contributed by atoms with van der Waals surface area (Å²) in [5.41, 5.74) is 0. The quantitative estimate of drug-likeness (QED) is 0.544. The van der Waals surface area contributed by atoms with E-state index in [1.165, 1.54) is 4.68 Å². The van der Waals surface area contributed by atoms with Gasteiger partial charge in [-0.1, -0.05) is 0 Å². The molecule has 0 radical (unpaired) electrons. The number of nitrogens with zero attached hydrogens (tertiary/aromatic N) is 3. The zero-order chi connectivity index (χ0) is 6.15. The monoisotopic (exact) mass is 336 g/mol. The van der Waals surface area contributed by atoms with Crippen molar-refractivity contribution in [2.24, 2.45) is 0 Å². The lowest BCUT2D eigenvalue weighted by atomic mass is 11.3. The first-order valence-corrected chi connectivity index (χ1v) is 3.89. The molecule has 6 heteroatoms. The minimum absolute atomic E-state index is 0.701. The van der Waals surface area contributed by atoms with Gasteiger partial charge in [-0.05, 0) is 0 Å². The molecular weight excluding hydrogens is 334 g/mol. The van der Waals surface area contributed by atoms with E-state index in [-0.39, 0.29) is 0 Å². The van der Waals surface area contributed by atoms with Crippen LogP contribution in [0.3, 0.4) is 0 Å². The van der Waals surface area contributed by atoms with E-state index in [1.807, 2.05) is 45.2 Å². The highest BCUT2D eigenvalue weighted by Gasteiger charge is 1.99. The highest BCUT2D eigenvalue weighted by molar-refractivity contribution is 14.1. The second-order valence-electron chi connectivity index (χ2n) is 1.11. The Morgan fingerprint density at radius 1 is 1.25 bits per heavy atom. The van der Waals surface area contributed by atoms with E-state index in [2.05, 4.69) is 10.2 Å². The van der Waals surface area contributed by atoms with Gasteiger partial charge < -0.3 is 5.84 Å². The summed E-state index contributed by atoms with van der Waals surface area (Å²) in [6.45, 7) is 0. The van der Waals surface area contributed by atoms with Crippen LogP contribution in [0.15, 0.2) is 0 Å². The van der Waals surface area contributed by atoms with Crippen LogP contribution in [0.4, 0.5) is 0 Å². The van der Waals surface area contributed by atoms with E-state index in [9.17, 15) is 0 Å². The summed E-state index contributed by atoms with van der Waals surface area (Å²) in [6.07, 6.45) is 0. The Bertz CT molecular complexity index is 174. The van der Waals surface area contributed by atoms with Gasteiger partial charge in [-0.25, -0.2) is 4.68 Å². The van der Waals surface area contributed by atoms with Gasteiger partial charge in [0.15, 0.2) is 0 Å². The van der Waals surface area contributed by atoms with Crippen LogP contribution in [0.25, 0.3) is 0 Å². The molecule has 44 valence electrons. The van der Waals surface area contributed by atoms with Crippen molar-refractivity contribution in [3.8, 4) is 0 Å². The highest BCUT2D eigenvalue weighted by Crippen LogP contribution is 2.01. The van der Waals surface area contributed by atoms with Crippen LogP contribution in [0.1, 0.15) is 0 Å². The van der Waals surface area contributed by atoms with Gasteiger partial charge in [0, 0.05) is 45.2 Å². The zero-order valence-electron chi connectivity index (χ0n) is 3.67. The SMILES string of the molecule is Nn1c(I)nnc1I. The topological polar surface area (TPSA) is 56.7 Å². The number of hydrogen-bond donors (Lipinski definition) is 1. The summed E-state index contributed by atoms with van der Waals surface area (Å²) < 4.78 is 2.82. The Morgan fingerprint density at radius 2 is 1.62 bits per heavy atom. The Morgan fingerprint density at radius 3 is 1.75 bits per heavy atom. The van der Waals surface area contributed by atoms with Crippen molar-refractivity contribution in [3.63, 3.8) is 0 Å². The van der Waals surface area contributed by atoms with Crippen LogP contribution >= 0.6 is 45.2 Å². The second-order valence-corrected chi connectivity index (χ2v) is 3.04. The van der Waals surface area contributed by atoms with Crippen molar-refractivity contribution in [1.29, 1.82) is 0 Å². The van der Waals surface area contributed by atoms with Gasteiger partial charge in [0.25, 0.3) is 0 Å². The number of halogens is 2. The summed E-state index contributed by atoms with van der Waals surface area (Å²) >= 11 is 4.01. The first kappa shape index (κ1) is 6.52. The first-order chi connectivity index (χ1) is 3.72. The number of nitrogens with two attached hydrogens (primary N) is 1. The average Bonchev–Trinajstić information content (AvgIpc) is 1.98. The molecule has 4 nitrogen and oxygen atoms in total. The van der Waals surface area contributed by atoms with E-state index in [0.717, 1.165) is 0 Å². The third kappa shape index (κ3) is 1.04. The number of nitrogen functional groups attached to an aromatic ring is 1. The number of hydrogen-bond acceptors (Lipinski definition) is 3. The highest BCUT2D eigenvalue weighted by atomic mass is 127. The van der Waals surface area contributed by atoms with E-state index < -0.39 is 0 Å². The van der Waals surface area contributed by atoms with Crippen molar-refractivity contribution >= 4 is 45.2 Å². The smallest absolute Gasteiger partial charge is 0.213 e. The fourth-order valence-corrected chi connectivity index (χ4v) is 1.39. The van der Waals surface area contributed by atoms with Crippen molar-refractivity contribution in [2.75, 3.05) is 5.84 Å². The lowest BCUT2D eigenvalue weighted by Gasteiger charge is -1.88. The number of rotatable bonds is 0. The van der Waals surface area contributed by atoms with Crippen LogP contribution in [0.2, 0.25) is 0 Å². The first-order valence-electron chi connectivity index (χ1n) is 1.73. The summed E-state index contributed by atoms with van der Waals surface area (Å²) in [7, 11) is 0. The van der Waals surface area contributed by atoms with Gasteiger partial charge in [-0.2, -0.15) is 0 Å². The van der Waals surface area contributed by atoms with Gasteiger partial charge in [0.1, 0.15) is 0 Å². The van der Waals surface area contributed by atoms with Crippen LogP contribution in [-0.4, -0.2) is 14.9 Å². The Kier molecular flexibility index (Phi) is 1.90. The predicted octanol–water partition coefficient (Wildman–Crippen LogP) is 0.201. The Balaban J connectivity index is 3.19. The van der Waals surface area contributed by atoms with Crippen molar-refractivity contribution in [2.45, 2.75) is 0 Å². The zero-order valence-corrected chi connectivity index (χ0v) is 7.99. The Hall–Kier alpha value is 0.400. The molecule has 0 aromatic carbocycles. The molecule has 0 aliphatic carbocycles. The largest absolute Gasteiger partial charge is 0.335 e. The van der Waals surface area contributed by atoms with E-state index in [4.69, 9.17) is 5.84 Å². The molecule has 1 rings (SSSR count). The van der Waals surface area contributed by atoms with Gasteiger partial charge in [0.2, 0.25) is 7.66 Å². The molecule has 0 atom stereocenters. The van der Waals surface area contributed by atoms with Crippen LogP contribution in [0, 0.1) is 7.66 Å². The minimum atomic E-state index is 0.701. The lowest BCUT2D eigenvalue weighted by molar-refractivity contribution is 0.928. The third-order valence-corrected chi connectivity index (χ3v) is 2.08. The van der Waals surface area contributed by atoms with Crippen molar-refractivity contribution in [3.05, 3.63) is 7.66 Å². The molecular formula is C2H2I2N4. The molecule has 1 heterocycles. The van der Waals surface area contributed by atoms with Crippen LogP contribution in [-0.2, 0) is 0 Å². The van der Waals surface area contributed by atoms with E-state index in [0.29, 0.717) is 7.66 Å². The number of aromatic nitrogens is 3. The molecule has 0 spiro atoms. The molecule has 0 amide bonds. The molecule has 1 aromatic heterocycles. The summed E-state index contributed by atoms with van der Waals surface area (Å²) in [5, 5.41) is 7.37. The molecule has 0 aliphatic rings. The standard InChI is InChI=1S/C2H2I2N4/c3-1-6-7-2(4)8(1)5/h5H2. The van der Waals surface area contributed by atoms with E-state index >= 15 is 0 Å². The molecule has 0 saturated heterocycles. The molecule has 0 bridgehead atoms. The van der Waals surface area contributed by atoms with Crippen LogP contribution in [0.5, 0.6) is 0 Å². The normalized spacial score (nSPS) is 9.75. The second kappa shape index (κ2) is 2.33. The molecule has 0 saturated carbocycles. The summed E-state index contributed by atoms with van der Waals surface area (Å²) in [5.74, 6) is 5.38. The fraction of sp³-hybridized carbons (Fsp3) is 0. The molecule has 0 aliphatic heterocycles. The fourth-order valence-electron chi connectivity index (χ4n) is 0.255. The molecule has 0 unspecified atom stereocenters. The minimum Gasteiger partial charge on any atom is -0.335 e. The maximum atomic E-state index is 5.38. The molecule has 1 aromatic rings. The Labute approximate surface area is 73.1 Å². The van der Waals surface area contributed by atoms with Crippen molar-refractivity contribution in [1.82, 2.24) is 14.9 Å². The van der Waals surface area contributed by atoms with E-state index in [1.54, 1.807) is 0 Å². The van der Waals surface area contributed by atoms with Gasteiger partial charge in [-0.3, -0.25) is 0 Å². The van der Waals surface area contributed by atoms with Crippen molar-refractivity contribution < 1.29 is 0 Å². The maximum absolute atomic E-state index is 5.38. The predicted molar refractivity (Wildman–Crippen MR) is 45.6 cm³/mol. The van der Waals surface area contributed by atoms with Crippen LogP contribution < -0.4 is 5.84 Å². The third-order valence-electron chi connectivity index (χ3n) is 0.613. The summed E-state index contributed by atoms with van der Waals surface area (Å²) in [4.78, 5) is 0. The van der Waals surface area contributed by atoms with Gasteiger partial charge in [-0.15, -0.1) is 10.2 Å². The molecule has 0 fully saturated rings. The molecule has 8 heavy (non-hydrogen) atoms. The van der Waals surface area contributed by atoms with Gasteiger partial charge in [0.05, 0.1) is 0 Å². The maximum Gasteiger partial charge on any atom is 0.213 e.